The van der Waals surface area contributed by atoms with Crippen molar-refractivity contribution in [2.24, 2.45) is 7.05 Å². The van der Waals surface area contributed by atoms with E-state index in [1.807, 2.05) is 23.9 Å². The van der Waals surface area contributed by atoms with Gasteiger partial charge in [-0.25, -0.2) is 4.79 Å². The number of fused-ring (bicyclic) bond motifs is 1. The summed E-state index contributed by atoms with van der Waals surface area (Å²) in [4.78, 5) is 25.5. The Morgan fingerprint density at radius 2 is 2.15 bits per heavy atom. The topological polar surface area (TPSA) is 51.5 Å². The average Bonchev–Trinajstić information content (AvgIpc) is 3.04. The molecule has 1 saturated heterocycles. The fraction of sp³-hybridized carbons (Fsp3) is 0.333. The highest BCUT2D eigenvalue weighted by Gasteiger charge is 2.25. The van der Waals surface area contributed by atoms with E-state index in [1.54, 1.807) is 17.0 Å². The monoisotopic (exact) mass is 272 g/mol. The minimum atomic E-state index is -0.388. The molecule has 1 aromatic carbocycles. The average molecular weight is 272 g/mol. The molecule has 20 heavy (non-hydrogen) atoms. The number of benzene rings is 1. The van der Waals surface area contributed by atoms with Crippen LogP contribution in [-0.4, -0.2) is 30.1 Å². The highest BCUT2D eigenvalue weighted by Crippen LogP contribution is 2.32. The van der Waals surface area contributed by atoms with Crippen LogP contribution in [0.4, 0.5) is 5.69 Å². The number of amides is 1. The predicted octanol–water partition coefficient (Wildman–Crippen LogP) is 2.09. The van der Waals surface area contributed by atoms with E-state index in [-0.39, 0.29) is 11.9 Å². The van der Waals surface area contributed by atoms with E-state index in [2.05, 4.69) is 0 Å². The van der Waals surface area contributed by atoms with Crippen LogP contribution in [0.1, 0.15) is 23.2 Å². The molecule has 1 aliphatic rings. The Kier molecular flexibility index (Phi) is 2.97. The molecule has 2 aromatic rings. The first-order chi connectivity index (χ1) is 9.61. The summed E-state index contributed by atoms with van der Waals surface area (Å²) < 4.78 is 6.73. The number of ether oxygens (including phenoxy) is 1. The van der Waals surface area contributed by atoms with Crippen LogP contribution < -0.4 is 4.90 Å². The van der Waals surface area contributed by atoms with Gasteiger partial charge in [-0.1, -0.05) is 0 Å². The maximum absolute atomic E-state index is 12.0. The number of rotatable bonds is 2. The Labute approximate surface area is 116 Å². The molecule has 0 atom stereocenters. The largest absolute Gasteiger partial charge is 0.465 e. The van der Waals surface area contributed by atoms with Crippen LogP contribution in [0.25, 0.3) is 10.9 Å². The van der Waals surface area contributed by atoms with Gasteiger partial charge in [-0.15, -0.1) is 0 Å². The summed E-state index contributed by atoms with van der Waals surface area (Å²) >= 11 is 0. The molecular formula is C15H16N2O3. The molecule has 3 rings (SSSR count). The van der Waals surface area contributed by atoms with Crippen molar-refractivity contribution in [3.05, 3.63) is 30.0 Å². The summed E-state index contributed by atoms with van der Waals surface area (Å²) in [5.74, 6) is -0.279. The van der Waals surface area contributed by atoms with Gasteiger partial charge in [0.05, 0.1) is 23.9 Å². The van der Waals surface area contributed by atoms with Gasteiger partial charge in [-0.2, -0.15) is 0 Å². The van der Waals surface area contributed by atoms with E-state index >= 15 is 0 Å². The molecule has 0 aliphatic carbocycles. The van der Waals surface area contributed by atoms with Crippen molar-refractivity contribution < 1.29 is 14.3 Å². The highest BCUT2D eigenvalue weighted by atomic mass is 16.5. The lowest BCUT2D eigenvalue weighted by molar-refractivity contribution is -0.117. The van der Waals surface area contributed by atoms with Gasteiger partial charge in [0, 0.05) is 31.6 Å². The van der Waals surface area contributed by atoms with Crippen molar-refractivity contribution in [3.8, 4) is 0 Å². The molecule has 1 fully saturated rings. The van der Waals surface area contributed by atoms with E-state index in [1.165, 1.54) is 7.11 Å². The molecule has 5 nitrogen and oxygen atoms in total. The van der Waals surface area contributed by atoms with Gasteiger partial charge < -0.3 is 14.2 Å². The van der Waals surface area contributed by atoms with E-state index in [0.717, 1.165) is 23.0 Å². The van der Waals surface area contributed by atoms with Gasteiger partial charge in [-0.05, 0) is 24.6 Å². The fourth-order valence-corrected chi connectivity index (χ4v) is 2.71. The lowest BCUT2D eigenvalue weighted by Gasteiger charge is -2.18. The number of esters is 1. The zero-order valence-corrected chi connectivity index (χ0v) is 11.5. The molecule has 1 aliphatic heterocycles. The van der Waals surface area contributed by atoms with E-state index in [9.17, 15) is 9.59 Å². The van der Waals surface area contributed by atoms with Crippen LogP contribution in [0, 0.1) is 0 Å². The van der Waals surface area contributed by atoms with Gasteiger partial charge in [0.25, 0.3) is 0 Å². The van der Waals surface area contributed by atoms with Gasteiger partial charge >= 0.3 is 5.97 Å². The minimum absolute atomic E-state index is 0.108. The van der Waals surface area contributed by atoms with Crippen molar-refractivity contribution in [1.82, 2.24) is 4.57 Å². The van der Waals surface area contributed by atoms with Crippen LogP contribution in [-0.2, 0) is 16.6 Å². The number of hydrogen-bond acceptors (Lipinski definition) is 3. The standard InChI is InChI=1S/C15H16N2O3/c1-16-7-5-11-12(16)8-10(15(19)20-2)9-13(11)17-6-3-4-14(17)18/h5,7-9H,3-4,6H2,1-2H3. The second-order valence-corrected chi connectivity index (χ2v) is 5.00. The molecule has 0 radical (unpaired) electrons. The quantitative estimate of drug-likeness (QED) is 0.787. The maximum atomic E-state index is 12.0. The first-order valence-corrected chi connectivity index (χ1v) is 6.59. The molecule has 2 heterocycles. The Morgan fingerprint density at radius 1 is 1.35 bits per heavy atom. The summed E-state index contributed by atoms with van der Waals surface area (Å²) in [6.45, 7) is 0.702. The van der Waals surface area contributed by atoms with Crippen molar-refractivity contribution >= 4 is 28.5 Å². The number of aromatic nitrogens is 1. The zero-order valence-electron chi connectivity index (χ0n) is 11.5. The Bertz CT molecular complexity index is 702. The Balaban J connectivity index is 2.23. The second kappa shape index (κ2) is 4.67. The molecule has 1 amide bonds. The summed E-state index contributed by atoms with van der Waals surface area (Å²) in [7, 11) is 3.27. The third kappa shape index (κ3) is 1.86. The normalized spacial score (nSPS) is 15.1. The van der Waals surface area contributed by atoms with E-state index in [4.69, 9.17) is 4.74 Å². The van der Waals surface area contributed by atoms with E-state index in [0.29, 0.717) is 18.5 Å². The first kappa shape index (κ1) is 12.7. The van der Waals surface area contributed by atoms with E-state index < -0.39 is 0 Å². The number of methoxy groups -OCH3 is 1. The molecule has 0 spiro atoms. The van der Waals surface area contributed by atoms with Crippen molar-refractivity contribution in [3.63, 3.8) is 0 Å². The number of carbonyl (C=O) groups is 2. The van der Waals surface area contributed by atoms with Crippen LogP contribution in [0.15, 0.2) is 24.4 Å². The molecule has 0 N–H and O–H groups in total. The third-order valence-corrected chi connectivity index (χ3v) is 3.77. The lowest BCUT2D eigenvalue weighted by atomic mass is 10.1. The van der Waals surface area contributed by atoms with Gasteiger partial charge in [-0.3, -0.25) is 4.79 Å². The minimum Gasteiger partial charge on any atom is -0.465 e. The molecule has 0 unspecified atom stereocenters. The van der Waals surface area contributed by atoms with Crippen LogP contribution >= 0.6 is 0 Å². The Hall–Kier alpha value is -2.30. The summed E-state index contributed by atoms with van der Waals surface area (Å²) in [5.41, 5.74) is 2.19. The number of nitrogens with zero attached hydrogens (tertiary/aromatic N) is 2. The SMILES string of the molecule is COC(=O)c1cc(N2CCCC2=O)c2ccn(C)c2c1. The third-order valence-electron chi connectivity index (χ3n) is 3.77. The number of anilines is 1. The maximum Gasteiger partial charge on any atom is 0.337 e. The lowest BCUT2D eigenvalue weighted by Crippen LogP contribution is -2.24. The first-order valence-electron chi connectivity index (χ1n) is 6.59. The van der Waals surface area contributed by atoms with Crippen molar-refractivity contribution in [2.45, 2.75) is 12.8 Å². The summed E-state index contributed by atoms with van der Waals surface area (Å²) in [6.07, 6.45) is 3.35. The van der Waals surface area contributed by atoms with Crippen molar-refractivity contribution in [1.29, 1.82) is 0 Å². The smallest absolute Gasteiger partial charge is 0.337 e. The molecule has 1 aromatic heterocycles. The summed E-state index contributed by atoms with van der Waals surface area (Å²) in [6, 6.07) is 5.51. The van der Waals surface area contributed by atoms with Crippen molar-refractivity contribution in [2.75, 3.05) is 18.6 Å². The number of hydrogen-bond donors (Lipinski definition) is 0. The molecular weight excluding hydrogens is 256 g/mol. The molecule has 104 valence electrons. The van der Waals surface area contributed by atoms with Gasteiger partial charge in [0.1, 0.15) is 0 Å². The zero-order chi connectivity index (χ0) is 14.3. The number of carbonyl (C=O) groups excluding carboxylic acids is 2. The van der Waals surface area contributed by atoms with Gasteiger partial charge in [0.15, 0.2) is 0 Å². The fourth-order valence-electron chi connectivity index (χ4n) is 2.71. The Morgan fingerprint density at radius 3 is 2.80 bits per heavy atom. The second-order valence-electron chi connectivity index (χ2n) is 5.00. The van der Waals surface area contributed by atoms with Gasteiger partial charge in [0.2, 0.25) is 5.91 Å². The summed E-state index contributed by atoms with van der Waals surface area (Å²) in [5, 5.41) is 0.982. The van der Waals surface area contributed by atoms with Crippen LogP contribution in [0.5, 0.6) is 0 Å². The molecule has 0 bridgehead atoms. The highest BCUT2D eigenvalue weighted by molar-refractivity contribution is 6.07. The van der Waals surface area contributed by atoms with Crippen LogP contribution in [0.3, 0.4) is 0 Å². The molecule has 5 heteroatoms. The number of aryl methyl sites for hydroxylation is 1. The van der Waals surface area contributed by atoms with Crippen LogP contribution in [0.2, 0.25) is 0 Å². The molecule has 0 saturated carbocycles. The predicted molar refractivity (Wildman–Crippen MR) is 75.8 cm³/mol.